The highest BCUT2D eigenvalue weighted by Gasteiger charge is 2.33. The predicted octanol–water partition coefficient (Wildman–Crippen LogP) is 8.08. The summed E-state index contributed by atoms with van der Waals surface area (Å²) in [5.74, 6) is 1.89. The Morgan fingerprint density at radius 3 is 1.23 bits per heavy atom. The summed E-state index contributed by atoms with van der Waals surface area (Å²) in [6.45, 7) is 0.809. The minimum absolute atomic E-state index is 0.809. The molecule has 5 heteroatoms. The first-order chi connectivity index (χ1) is 23.8. The number of hydrogen-bond donors (Lipinski definition) is 0. The number of anilines is 2. The van der Waals surface area contributed by atoms with Crippen molar-refractivity contribution in [3.05, 3.63) is 188 Å². The van der Waals surface area contributed by atoms with Crippen LogP contribution < -0.4 is 41.5 Å². The number of hydrogen-bond acceptors (Lipinski definition) is 3. The molecule has 0 N–H and O–H groups in total. The van der Waals surface area contributed by atoms with Gasteiger partial charge in [-0.25, -0.2) is 0 Å². The summed E-state index contributed by atoms with van der Waals surface area (Å²) in [4.78, 5) is 6.74. The van der Waals surface area contributed by atoms with Crippen molar-refractivity contribution in [2.45, 2.75) is 6.42 Å². The Balaban J connectivity index is 1.33. The molecule has 0 unspecified atom stereocenters. The van der Waals surface area contributed by atoms with Gasteiger partial charge in [-0.3, -0.25) is 4.98 Å². The lowest BCUT2D eigenvalue weighted by molar-refractivity contribution is 0.481. The van der Waals surface area contributed by atoms with E-state index in [0.717, 1.165) is 35.8 Å². The average Bonchev–Trinajstić information content (AvgIpc) is 3.16. The highest BCUT2D eigenvalue weighted by molar-refractivity contribution is 7.80. The van der Waals surface area contributed by atoms with Crippen molar-refractivity contribution in [1.82, 2.24) is 4.98 Å². The summed E-state index contributed by atoms with van der Waals surface area (Å²) < 4.78 is 7.35. The number of para-hydroxylation sites is 2. The van der Waals surface area contributed by atoms with Crippen LogP contribution >= 0.6 is 15.8 Å². The van der Waals surface area contributed by atoms with Gasteiger partial charge in [0.2, 0.25) is 0 Å². The van der Waals surface area contributed by atoms with Crippen molar-refractivity contribution < 1.29 is 4.74 Å². The van der Waals surface area contributed by atoms with E-state index in [1.54, 1.807) is 0 Å². The van der Waals surface area contributed by atoms with Gasteiger partial charge in [-0.05, 0) is 85.4 Å². The van der Waals surface area contributed by atoms with E-state index in [-0.39, 0.29) is 0 Å². The molecule has 0 saturated heterocycles. The molecule has 48 heavy (non-hydrogen) atoms. The molecular formula is C43H34N2OP2. The number of rotatable bonds is 9. The molecule has 0 fully saturated rings. The van der Waals surface area contributed by atoms with Gasteiger partial charge in [0.05, 0.1) is 11.4 Å². The first kappa shape index (κ1) is 30.3. The van der Waals surface area contributed by atoms with E-state index in [2.05, 4.69) is 180 Å². The number of pyridine rings is 1. The van der Waals surface area contributed by atoms with Crippen molar-refractivity contribution in [3.8, 4) is 11.5 Å². The average molecular weight is 657 g/mol. The van der Waals surface area contributed by atoms with Crippen molar-refractivity contribution in [3.63, 3.8) is 0 Å². The quantitative estimate of drug-likeness (QED) is 0.147. The van der Waals surface area contributed by atoms with Crippen LogP contribution in [-0.2, 0) is 6.42 Å². The van der Waals surface area contributed by atoms with E-state index in [9.17, 15) is 0 Å². The Labute approximate surface area is 285 Å². The Kier molecular flexibility index (Phi) is 8.81. The molecule has 232 valence electrons. The number of aromatic nitrogens is 1. The Morgan fingerprint density at radius 2 is 0.833 bits per heavy atom. The molecule has 0 aliphatic carbocycles. The second kappa shape index (κ2) is 14.0. The largest absolute Gasteiger partial charge is 0.452 e. The molecule has 8 rings (SSSR count). The zero-order chi connectivity index (χ0) is 32.1. The molecule has 2 heterocycles. The summed E-state index contributed by atoms with van der Waals surface area (Å²) >= 11 is 0. The van der Waals surface area contributed by atoms with Crippen LogP contribution in [0.15, 0.2) is 182 Å². The number of ether oxygens (including phenoxy) is 1. The standard InChI is InChI=1S/C43H34N2OP2/c1-5-15-34(16-6-1)47(35-17-7-2-8-18-35)40-25-13-23-38-42(40)46-43-39(45(38)32-29-33-27-30-44-31-28-33)24-14-26-41(43)48(36-19-9-3-10-20-36)37-21-11-4-12-22-37/h1-28,30-31H,29,32H2. The molecule has 3 nitrogen and oxygen atoms in total. The summed E-state index contributed by atoms with van der Waals surface area (Å²) in [6, 6.07) is 61.2. The zero-order valence-electron chi connectivity index (χ0n) is 26.4. The molecule has 0 radical (unpaired) electrons. The molecular weight excluding hydrogens is 622 g/mol. The highest BCUT2D eigenvalue weighted by atomic mass is 31.1. The second-order valence-electron chi connectivity index (χ2n) is 11.6. The van der Waals surface area contributed by atoms with Crippen LogP contribution in [0.3, 0.4) is 0 Å². The summed E-state index contributed by atoms with van der Waals surface area (Å²) in [5.41, 5.74) is 3.47. The first-order valence-electron chi connectivity index (χ1n) is 16.3. The molecule has 0 saturated carbocycles. The molecule has 6 aromatic carbocycles. The lowest BCUT2D eigenvalue weighted by atomic mass is 10.1. The highest BCUT2D eigenvalue weighted by Crippen LogP contribution is 2.51. The van der Waals surface area contributed by atoms with Crippen LogP contribution in [0.5, 0.6) is 11.5 Å². The lowest BCUT2D eigenvalue weighted by Gasteiger charge is -2.37. The van der Waals surface area contributed by atoms with Gasteiger partial charge >= 0.3 is 0 Å². The van der Waals surface area contributed by atoms with Crippen LogP contribution in [0.2, 0.25) is 0 Å². The van der Waals surface area contributed by atoms with Crippen LogP contribution in [0.1, 0.15) is 5.56 Å². The van der Waals surface area contributed by atoms with E-state index in [0.29, 0.717) is 0 Å². The van der Waals surface area contributed by atoms with E-state index in [1.165, 1.54) is 37.4 Å². The summed E-state index contributed by atoms with van der Waals surface area (Å²) in [5, 5.41) is 7.64. The van der Waals surface area contributed by atoms with Gasteiger partial charge in [-0.15, -0.1) is 0 Å². The SMILES string of the molecule is c1ccc(P(c2ccccc2)c2cccc3c2Oc2c(cccc2P(c2ccccc2)c2ccccc2)N3CCc2ccncc2)cc1. The molecule has 0 bridgehead atoms. The maximum atomic E-state index is 7.35. The fraction of sp³-hybridized carbons (Fsp3) is 0.0465. The van der Waals surface area contributed by atoms with E-state index >= 15 is 0 Å². The maximum absolute atomic E-state index is 7.35. The summed E-state index contributed by atoms with van der Waals surface area (Å²) in [6.07, 6.45) is 4.65. The van der Waals surface area contributed by atoms with Gasteiger partial charge in [0.25, 0.3) is 0 Å². The molecule has 1 aliphatic heterocycles. The minimum atomic E-state index is -0.889. The molecule has 7 aromatic rings. The molecule has 1 aliphatic rings. The maximum Gasteiger partial charge on any atom is 0.159 e. The van der Waals surface area contributed by atoms with E-state index in [1.807, 2.05) is 12.4 Å². The van der Waals surface area contributed by atoms with Crippen molar-refractivity contribution in [2.24, 2.45) is 0 Å². The summed E-state index contributed by atoms with van der Waals surface area (Å²) in [7, 11) is -1.78. The van der Waals surface area contributed by atoms with Crippen molar-refractivity contribution >= 4 is 59.0 Å². The normalized spacial score (nSPS) is 12.0. The fourth-order valence-electron chi connectivity index (χ4n) is 6.44. The monoisotopic (exact) mass is 656 g/mol. The van der Waals surface area contributed by atoms with Crippen LogP contribution in [0.25, 0.3) is 0 Å². The molecule has 1 aromatic heterocycles. The first-order valence-corrected chi connectivity index (χ1v) is 18.9. The van der Waals surface area contributed by atoms with Gasteiger partial charge in [0, 0.05) is 29.5 Å². The predicted molar refractivity (Wildman–Crippen MR) is 205 cm³/mol. The van der Waals surface area contributed by atoms with Crippen molar-refractivity contribution in [1.29, 1.82) is 0 Å². The number of benzene rings is 6. The third kappa shape index (κ3) is 6.04. The van der Waals surface area contributed by atoms with E-state index < -0.39 is 15.8 Å². The number of fused-ring (bicyclic) bond motifs is 2. The third-order valence-corrected chi connectivity index (χ3v) is 13.6. The van der Waals surface area contributed by atoms with Gasteiger partial charge in [0.15, 0.2) is 11.5 Å². The Bertz CT molecular complexity index is 1900. The Hall–Kier alpha value is -5.07. The van der Waals surface area contributed by atoms with Gasteiger partial charge < -0.3 is 9.64 Å². The van der Waals surface area contributed by atoms with Crippen molar-refractivity contribution in [2.75, 3.05) is 11.4 Å². The molecule has 0 amide bonds. The van der Waals surface area contributed by atoms with Crippen LogP contribution in [-0.4, -0.2) is 11.5 Å². The van der Waals surface area contributed by atoms with Gasteiger partial charge in [-0.1, -0.05) is 133 Å². The molecule has 0 spiro atoms. The zero-order valence-corrected chi connectivity index (χ0v) is 28.2. The van der Waals surface area contributed by atoms with Crippen LogP contribution in [0.4, 0.5) is 11.4 Å². The van der Waals surface area contributed by atoms with E-state index in [4.69, 9.17) is 4.74 Å². The fourth-order valence-corrected chi connectivity index (χ4v) is 11.2. The van der Waals surface area contributed by atoms with Gasteiger partial charge in [-0.2, -0.15) is 0 Å². The molecule has 0 atom stereocenters. The number of nitrogens with zero attached hydrogens (tertiary/aromatic N) is 2. The van der Waals surface area contributed by atoms with Gasteiger partial charge in [0.1, 0.15) is 0 Å². The lowest BCUT2D eigenvalue weighted by Crippen LogP contribution is -2.31. The topological polar surface area (TPSA) is 25.4 Å². The second-order valence-corrected chi connectivity index (χ2v) is 16.0. The van der Waals surface area contributed by atoms with Crippen LogP contribution in [0, 0.1) is 0 Å². The minimum Gasteiger partial charge on any atom is -0.452 e. The smallest absolute Gasteiger partial charge is 0.159 e. The third-order valence-electron chi connectivity index (χ3n) is 8.65. The Morgan fingerprint density at radius 1 is 0.438 bits per heavy atom.